The quantitative estimate of drug-likeness (QED) is 0.514. The van der Waals surface area contributed by atoms with Crippen LogP contribution in [0.4, 0.5) is 0 Å². The number of nitrogens with one attached hydrogen (secondary N) is 1. The third-order valence-corrected chi connectivity index (χ3v) is 9.08. The summed E-state index contributed by atoms with van der Waals surface area (Å²) in [5.74, 6) is 1.17. The van der Waals surface area contributed by atoms with E-state index in [1.54, 1.807) is 0 Å². The number of hydrogen-bond acceptors (Lipinski definition) is 3. The lowest BCUT2D eigenvalue weighted by Gasteiger charge is -2.44. The van der Waals surface area contributed by atoms with Gasteiger partial charge in [0.1, 0.15) is 5.82 Å². The number of rotatable bonds is 5. The van der Waals surface area contributed by atoms with Crippen LogP contribution in [0, 0.1) is 6.92 Å². The molecule has 2 aromatic carbocycles. The van der Waals surface area contributed by atoms with Crippen molar-refractivity contribution in [1.82, 2.24) is 19.8 Å². The van der Waals surface area contributed by atoms with Crippen molar-refractivity contribution < 1.29 is 0 Å². The molecule has 174 valence electrons. The van der Waals surface area contributed by atoms with E-state index in [0.29, 0.717) is 18.1 Å². The van der Waals surface area contributed by atoms with E-state index < -0.39 is 0 Å². The Morgan fingerprint density at radius 1 is 1.00 bits per heavy atom. The summed E-state index contributed by atoms with van der Waals surface area (Å²) in [5.41, 5.74) is 4.14. The fourth-order valence-electron chi connectivity index (χ4n) is 7.20. The van der Waals surface area contributed by atoms with E-state index in [4.69, 9.17) is 16.6 Å². The first-order valence-corrected chi connectivity index (χ1v) is 13.2. The monoisotopic (exact) mass is 462 g/mol. The number of aryl methyl sites for hydroxylation is 1. The van der Waals surface area contributed by atoms with Crippen molar-refractivity contribution in [2.45, 2.75) is 75.4 Å². The lowest BCUT2D eigenvalue weighted by molar-refractivity contribution is 0.0929. The second-order valence-corrected chi connectivity index (χ2v) is 11.0. The van der Waals surface area contributed by atoms with E-state index in [-0.39, 0.29) is 5.41 Å². The summed E-state index contributed by atoms with van der Waals surface area (Å²) >= 11 is 6.42. The van der Waals surface area contributed by atoms with Crippen LogP contribution in [-0.2, 0) is 5.41 Å². The number of imidazole rings is 1. The van der Waals surface area contributed by atoms with Gasteiger partial charge in [0.25, 0.3) is 0 Å². The van der Waals surface area contributed by atoms with E-state index in [1.165, 1.54) is 68.4 Å². The number of nitrogens with zero attached hydrogens (tertiary/aromatic N) is 3. The van der Waals surface area contributed by atoms with Crippen LogP contribution in [-0.4, -0.2) is 46.2 Å². The van der Waals surface area contributed by atoms with Crippen LogP contribution in [0.15, 0.2) is 48.5 Å². The molecule has 3 fully saturated rings. The number of para-hydroxylation sites is 2. The van der Waals surface area contributed by atoms with Gasteiger partial charge in [-0.1, -0.05) is 35.9 Å². The van der Waals surface area contributed by atoms with Gasteiger partial charge in [0, 0.05) is 23.1 Å². The molecular weight excluding hydrogens is 428 g/mol. The van der Waals surface area contributed by atoms with Crippen LogP contribution in [0.5, 0.6) is 0 Å². The summed E-state index contributed by atoms with van der Waals surface area (Å²) in [6.45, 7) is 5.60. The number of fused-ring (bicyclic) bond motifs is 3. The molecule has 4 nitrogen and oxygen atoms in total. The molecule has 33 heavy (non-hydrogen) atoms. The lowest BCUT2D eigenvalue weighted by atomic mass is 9.70. The predicted octanol–water partition coefficient (Wildman–Crippen LogP) is 5.88. The van der Waals surface area contributed by atoms with Gasteiger partial charge in [-0.25, -0.2) is 4.98 Å². The number of halogens is 1. The summed E-state index contributed by atoms with van der Waals surface area (Å²) in [7, 11) is 0. The first-order valence-electron chi connectivity index (χ1n) is 12.8. The van der Waals surface area contributed by atoms with E-state index in [0.717, 1.165) is 23.6 Å². The fourth-order valence-corrected chi connectivity index (χ4v) is 7.39. The van der Waals surface area contributed by atoms with Gasteiger partial charge in [-0.2, -0.15) is 0 Å². The third-order valence-electron chi connectivity index (χ3n) is 8.84. The number of hydrogen-bond donors (Lipinski definition) is 1. The van der Waals surface area contributed by atoms with Crippen molar-refractivity contribution in [3.8, 4) is 0 Å². The minimum Gasteiger partial charge on any atom is -0.325 e. The first kappa shape index (κ1) is 21.6. The zero-order valence-electron chi connectivity index (χ0n) is 19.6. The number of benzene rings is 2. The minimum absolute atomic E-state index is 0.254. The molecule has 0 spiro atoms. The van der Waals surface area contributed by atoms with E-state index in [9.17, 15) is 0 Å². The Morgan fingerprint density at radius 3 is 2.52 bits per heavy atom. The molecule has 0 amide bonds. The lowest BCUT2D eigenvalue weighted by Crippen LogP contribution is -2.47. The number of piperidine rings is 2. The maximum Gasteiger partial charge on any atom is 0.106 e. The summed E-state index contributed by atoms with van der Waals surface area (Å²) < 4.78 is 2.54. The molecule has 1 aromatic heterocycles. The molecule has 6 rings (SSSR count). The molecule has 3 saturated heterocycles. The van der Waals surface area contributed by atoms with Gasteiger partial charge in [0.2, 0.25) is 0 Å². The Kier molecular flexibility index (Phi) is 5.72. The summed E-state index contributed by atoms with van der Waals surface area (Å²) in [6.07, 6.45) is 8.85. The number of aromatic nitrogens is 2. The van der Waals surface area contributed by atoms with Crippen molar-refractivity contribution in [1.29, 1.82) is 0 Å². The Labute approximate surface area is 202 Å². The van der Waals surface area contributed by atoms with Gasteiger partial charge in [-0.05, 0) is 107 Å². The third kappa shape index (κ3) is 3.90. The van der Waals surface area contributed by atoms with Gasteiger partial charge >= 0.3 is 0 Å². The van der Waals surface area contributed by atoms with Gasteiger partial charge in [-0.15, -0.1) is 0 Å². The van der Waals surface area contributed by atoms with Crippen LogP contribution < -0.4 is 5.32 Å². The Bertz CT molecular complexity index is 1120. The van der Waals surface area contributed by atoms with Crippen LogP contribution in [0.25, 0.3) is 11.0 Å². The van der Waals surface area contributed by atoms with E-state index >= 15 is 0 Å². The summed E-state index contributed by atoms with van der Waals surface area (Å²) in [4.78, 5) is 7.73. The molecule has 0 aliphatic carbocycles. The second-order valence-electron chi connectivity index (χ2n) is 10.6. The molecule has 4 heterocycles. The first-order chi connectivity index (χ1) is 16.1. The highest BCUT2D eigenvalue weighted by Crippen LogP contribution is 2.44. The maximum atomic E-state index is 6.42. The second kappa shape index (κ2) is 8.72. The van der Waals surface area contributed by atoms with Crippen LogP contribution >= 0.6 is 11.6 Å². The zero-order valence-corrected chi connectivity index (χ0v) is 20.4. The Hall–Kier alpha value is -1.88. The van der Waals surface area contributed by atoms with Gasteiger partial charge in [0.05, 0.1) is 11.0 Å². The molecule has 3 aliphatic heterocycles. The smallest absolute Gasteiger partial charge is 0.106 e. The molecule has 2 unspecified atom stereocenters. The molecule has 0 radical (unpaired) electrons. The highest BCUT2D eigenvalue weighted by atomic mass is 35.5. The molecule has 5 heteroatoms. The molecule has 1 N–H and O–H groups in total. The van der Waals surface area contributed by atoms with Crippen molar-refractivity contribution in [2.75, 3.05) is 19.6 Å². The average molecular weight is 463 g/mol. The van der Waals surface area contributed by atoms with Crippen molar-refractivity contribution in [2.24, 2.45) is 0 Å². The minimum atomic E-state index is 0.254. The largest absolute Gasteiger partial charge is 0.325 e. The maximum absolute atomic E-state index is 6.42. The average Bonchev–Trinajstić information content (AvgIpc) is 3.29. The van der Waals surface area contributed by atoms with Crippen molar-refractivity contribution in [3.05, 3.63) is 64.9 Å². The fraction of sp³-hybridized carbons (Fsp3) is 0.536. The van der Waals surface area contributed by atoms with Gasteiger partial charge in [-0.3, -0.25) is 4.90 Å². The van der Waals surface area contributed by atoms with E-state index in [2.05, 4.69) is 64.2 Å². The molecular formula is C28H35ClN4. The zero-order chi connectivity index (χ0) is 22.4. The normalized spacial score (nSPS) is 27.3. The molecule has 3 aromatic rings. The topological polar surface area (TPSA) is 33.1 Å². The Morgan fingerprint density at radius 2 is 1.76 bits per heavy atom. The van der Waals surface area contributed by atoms with Crippen molar-refractivity contribution >= 4 is 22.6 Å². The van der Waals surface area contributed by atoms with Crippen LogP contribution in [0.3, 0.4) is 0 Å². The van der Waals surface area contributed by atoms with E-state index in [1.807, 2.05) is 6.07 Å². The van der Waals surface area contributed by atoms with Crippen LogP contribution in [0.1, 0.15) is 62.4 Å². The van der Waals surface area contributed by atoms with Gasteiger partial charge in [0.15, 0.2) is 0 Å². The molecule has 2 atom stereocenters. The Balaban J connectivity index is 1.21. The summed E-state index contributed by atoms with van der Waals surface area (Å²) in [5, 5.41) is 4.45. The highest BCUT2D eigenvalue weighted by molar-refractivity contribution is 6.30. The molecule has 3 aliphatic rings. The SMILES string of the molecule is Cc1nc2ccccc2n1C1CC2CCC(C1)N2CCC1(c2cccc(Cl)c2)CCNCC1. The van der Waals surface area contributed by atoms with Crippen LogP contribution in [0.2, 0.25) is 5.02 Å². The predicted molar refractivity (Wildman–Crippen MR) is 136 cm³/mol. The molecule has 2 bridgehead atoms. The molecule has 0 saturated carbocycles. The standard InChI is InChI=1S/C28H35ClN4/c1-20-31-26-7-2-3-8-27(26)33(20)25-18-23-9-10-24(19-25)32(23)16-13-28(11-14-30-15-12-28)21-5-4-6-22(29)17-21/h2-8,17,23-25,30H,9-16,18-19H2,1H3. The highest BCUT2D eigenvalue weighted by Gasteiger charge is 2.43. The van der Waals surface area contributed by atoms with Crippen molar-refractivity contribution in [3.63, 3.8) is 0 Å². The summed E-state index contributed by atoms with van der Waals surface area (Å²) in [6, 6.07) is 19.3. The van der Waals surface area contributed by atoms with Gasteiger partial charge < -0.3 is 9.88 Å².